The van der Waals surface area contributed by atoms with Crippen molar-refractivity contribution in [2.45, 2.75) is 0 Å². The molecule has 0 atom stereocenters. The van der Waals surface area contributed by atoms with E-state index in [4.69, 9.17) is 0 Å². The number of rotatable bonds is 2. The summed E-state index contributed by atoms with van der Waals surface area (Å²) in [5, 5.41) is 0. The number of benzene rings is 2. The molecule has 0 radical (unpaired) electrons. The van der Waals surface area contributed by atoms with Crippen LogP contribution in [0.25, 0.3) is 11.0 Å². The predicted octanol–water partition coefficient (Wildman–Crippen LogP) is 2.59. The molecule has 120 valence electrons. The first-order chi connectivity index (χ1) is 11.8. The fraction of sp³-hybridized carbons (Fsp3) is 0.211. The fourth-order valence-electron chi connectivity index (χ4n) is 3.03. The highest BCUT2D eigenvalue weighted by atomic mass is 16.2. The summed E-state index contributed by atoms with van der Waals surface area (Å²) in [6.45, 7) is 3.05. The van der Waals surface area contributed by atoms with Crippen LogP contribution in [-0.4, -0.2) is 47.0 Å². The van der Waals surface area contributed by atoms with Crippen LogP contribution in [0.15, 0.2) is 60.8 Å². The maximum Gasteiger partial charge on any atom is 0.274 e. The van der Waals surface area contributed by atoms with Gasteiger partial charge in [-0.25, -0.2) is 4.98 Å². The molecule has 1 aliphatic rings. The van der Waals surface area contributed by atoms with E-state index in [-0.39, 0.29) is 5.91 Å². The van der Waals surface area contributed by atoms with Gasteiger partial charge in [0.2, 0.25) is 0 Å². The molecular formula is C19H18N4O. The summed E-state index contributed by atoms with van der Waals surface area (Å²) in [4.78, 5) is 25.7. The number of carbonyl (C=O) groups is 1. The average molecular weight is 318 g/mol. The summed E-state index contributed by atoms with van der Waals surface area (Å²) in [6.07, 6.45) is 1.58. The van der Waals surface area contributed by atoms with Crippen LogP contribution in [0.3, 0.4) is 0 Å². The van der Waals surface area contributed by atoms with E-state index >= 15 is 0 Å². The number of amides is 1. The van der Waals surface area contributed by atoms with Crippen molar-refractivity contribution >= 4 is 22.6 Å². The van der Waals surface area contributed by atoms with E-state index in [0.717, 1.165) is 24.1 Å². The van der Waals surface area contributed by atoms with Gasteiger partial charge in [0, 0.05) is 31.9 Å². The smallest absolute Gasteiger partial charge is 0.274 e. The van der Waals surface area contributed by atoms with Crippen molar-refractivity contribution in [3.63, 3.8) is 0 Å². The molecule has 0 spiro atoms. The molecule has 2 heterocycles. The fourth-order valence-corrected chi connectivity index (χ4v) is 3.03. The Hall–Kier alpha value is -2.95. The maximum atomic E-state index is 12.7. The lowest BCUT2D eigenvalue weighted by Gasteiger charge is -2.35. The van der Waals surface area contributed by atoms with Crippen molar-refractivity contribution in [3.8, 4) is 0 Å². The number of anilines is 1. The van der Waals surface area contributed by atoms with Crippen molar-refractivity contribution in [1.29, 1.82) is 0 Å². The minimum atomic E-state index is -0.0408. The van der Waals surface area contributed by atoms with Gasteiger partial charge in [-0.1, -0.05) is 30.3 Å². The molecule has 1 amide bonds. The van der Waals surface area contributed by atoms with Gasteiger partial charge >= 0.3 is 0 Å². The lowest BCUT2D eigenvalue weighted by atomic mass is 10.2. The third-order valence-corrected chi connectivity index (χ3v) is 4.36. The first-order valence-electron chi connectivity index (χ1n) is 8.12. The van der Waals surface area contributed by atoms with Crippen molar-refractivity contribution < 1.29 is 4.79 Å². The molecule has 1 saturated heterocycles. The van der Waals surface area contributed by atoms with E-state index in [9.17, 15) is 4.79 Å². The van der Waals surface area contributed by atoms with E-state index in [2.05, 4.69) is 27.0 Å². The molecule has 4 rings (SSSR count). The number of nitrogens with zero attached hydrogens (tertiary/aromatic N) is 4. The molecule has 1 fully saturated rings. The second-order valence-corrected chi connectivity index (χ2v) is 5.86. The summed E-state index contributed by atoms with van der Waals surface area (Å²) in [7, 11) is 0. The maximum absolute atomic E-state index is 12.7. The van der Waals surface area contributed by atoms with Crippen molar-refractivity contribution in [2.24, 2.45) is 0 Å². The second-order valence-electron chi connectivity index (χ2n) is 5.86. The van der Waals surface area contributed by atoms with Crippen molar-refractivity contribution in [1.82, 2.24) is 14.9 Å². The number of fused-ring (bicyclic) bond motifs is 1. The Bertz CT molecular complexity index is 857. The van der Waals surface area contributed by atoms with Crippen LogP contribution in [-0.2, 0) is 0 Å². The third kappa shape index (κ3) is 2.80. The number of para-hydroxylation sites is 3. The largest absolute Gasteiger partial charge is 0.368 e. The highest BCUT2D eigenvalue weighted by molar-refractivity contribution is 5.94. The molecule has 0 unspecified atom stereocenters. The number of hydrogen-bond donors (Lipinski definition) is 0. The van der Waals surface area contributed by atoms with Gasteiger partial charge in [0.15, 0.2) is 0 Å². The summed E-state index contributed by atoms with van der Waals surface area (Å²) in [5.74, 6) is -0.0408. The van der Waals surface area contributed by atoms with Crippen LogP contribution < -0.4 is 4.90 Å². The van der Waals surface area contributed by atoms with E-state index in [0.29, 0.717) is 18.8 Å². The van der Waals surface area contributed by atoms with Crippen LogP contribution in [0.5, 0.6) is 0 Å². The lowest BCUT2D eigenvalue weighted by molar-refractivity contribution is 0.0741. The first-order valence-corrected chi connectivity index (χ1v) is 8.12. The Kier molecular flexibility index (Phi) is 3.83. The van der Waals surface area contributed by atoms with Gasteiger partial charge in [0.1, 0.15) is 5.69 Å². The molecule has 3 aromatic rings. The summed E-state index contributed by atoms with van der Waals surface area (Å²) >= 11 is 0. The van der Waals surface area contributed by atoms with E-state index < -0.39 is 0 Å². The van der Waals surface area contributed by atoms with Gasteiger partial charge < -0.3 is 9.80 Å². The third-order valence-electron chi connectivity index (χ3n) is 4.36. The van der Waals surface area contributed by atoms with Gasteiger partial charge in [-0.3, -0.25) is 9.78 Å². The molecule has 2 aromatic carbocycles. The molecule has 5 heteroatoms. The molecule has 0 aliphatic carbocycles. The summed E-state index contributed by atoms with van der Waals surface area (Å²) < 4.78 is 0. The Morgan fingerprint density at radius 3 is 2.25 bits per heavy atom. The normalized spacial score (nSPS) is 14.8. The topological polar surface area (TPSA) is 49.3 Å². The Labute approximate surface area is 140 Å². The molecular weight excluding hydrogens is 300 g/mol. The molecule has 1 aliphatic heterocycles. The standard InChI is InChI=1S/C19H18N4O/c24-19(18-14-20-16-8-4-5-9-17(16)21-18)23-12-10-22(11-13-23)15-6-2-1-3-7-15/h1-9,14H,10-13H2. The molecule has 5 nitrogen and oxygen atoms in total. The number of aromatic nitrogens is 2. The Morgan fingerprint density at radius 1 is 0.833 bits per heavy atom. The minimum absolute atomic E-state index is 0.0408. The highest BCUT2D eigenvalue weighted by Crippen LogP contribution is 2.17. The average Bonchev–Trinajstić information content (AvgIpc) is 2.68. The number of hydrogen-bond acceptors (Lipinski definition) is 4. The molecule has 1 aromatic heterocycles. The van der Waals surface area contributed by atoms with Gasteiger partial charge in [0.25, 0.3) is 5.91 Å². The van der Waals surface area contributed by atoms with Gasteiger partial charge in [0.05, 0.1) is 17.2 Å². The summed E-state index contributed by atoms with van der Waals surface area (Å²) in [5.41, 5.74) is 3.19. The lowest BCUT2D eigenvalue weighted by Crippen LogP contribution is -2.49. The molecule has 0 bridgehead atoms. The number of piperazine rings is 1. The zero-order valence-electron chi connectivity index (χ0n) is 13.3. The van der Waals surface area contributed by atoms with E-state index in [1.165, 1.54) is 5.69 Å². The molecule has 0 saturated carbocycles. The van der Waals surface area contributed by atoms with Crippen LogP contribution in [0, 0.1) is 0 Å². The zero-order chi connectivity index (χ0) is 16.4. The van der Waals surface area contributed by atoms with Gasteiger partial charge in [-0.15, -0.1) is 0 Å². The monoisotopic (exact) mass is 318 g/mol. The van der Waals surface area contributed by atoms with Crippen LogP contribution >= 0.6 is 0 Å². The second kappa shape index (κ2) is 6.28. The SMILES string of the molecule is O=C(c1cnc2ccccc2n1)N1CCN(c2ccccc2)CC1. The first kappa shape index (κ1) is 14.6. The molecule has 24 heavy (non-hydrogen) atoms. The van der Waals surface area contributed by atoms with E-state index in [1.807, 2.05) is 47.4 Å². The Morgan fingerprint density at radius 2 is 1.50 bits per heavy atom. The quantitative estimate of drug-likeness (QED) is 0.729. The van der Waals surface area contributed by atoms with E-state index in [1.54, 1.807) is 6.20 Å². The van der Waals surface area contributed by atoms with Crippen molar-refractivity contribution in [2.75, 3.05) is 31.1 Å². The Balaban J connectivity index is 1.47. The van der Waals surface area contributed by atoms with Crippen LogP contribution in [0.1, 0.15) is 10.5 Å². The van der Waals surface area contributed by atoms with Crippen molar-refractivity contribution in [3.05, 3.63) is 66.5 Å². The predicted molar refractivity (Wildman–Crippen MR) is 94.1 cm³/mol. The van der Waals surface area contributed by atoms with Crippen LogP contribution in [0.4, 0.5) is 5.69 Å². The minimum Gasteiger partial charge on any atom is -0.368 e. The number of carbonyl (C=O) groups excluding carboxylic acids is 1. The molecule has 0 N–H and O–H groups in total. The van der Waals surface area contributed by atoms with Crippen LogP contribution in [0.2, 0.25) is 0 Å². The zero-order valence-corrected chi connectivity index (χ0v) is 13.3. The summed E-state index contributed by atoms with van der Waals surface area (Å²) in [6, 6.07) is 17.9. The van der Waals surface area contributed by atoms with Gasteiger partial charge in [-0.2, -0.15) is 0 Å². The highest BCUT2D eigenvalue weighted by Gasteiger charge is 2.23. The van der Waals surface area contributed by atoms with Gasteiger partial charge in [-0.05, 0) is 24.3 Å².